The van der Waals surface area contributed by atoms with Gasteiger partial charge in [0.25, 0.3) is 0 Å². The van der Waals surface area contributed by atoms with Gasteiger partial charge in [-0.05, 0) is 19.4 Å². The monoisotopic (exact) mass is 263 g/mol. The number of carboxylic acid groups (broad SMARTS) is 1. The average molecular weight is 263 g/mol. The Morgan fingerprint density at radius 1 is 1.56 bits per heavy atom. The predicted octanol–water partition coefficient (Wildman–Crippen LogP) is 1.91. The van der Waals surface area contributed by atoms with Crippen molar-refractivity contribution in [1.82, 2.24) is 9.97 Å². The number of fused-ring (bicyclic) bond motifs is 1. The number of aliphatic carboxylic acids is 1. The zero-order valence-corrected chi connectivity index (χ0v) is 10.8. The highest BCUT2D eigenvalue weighted by atomic mass is 32.1. The van der Waals surface area contributed by atoms with Crippen LogP contribution in [0.25, 0.3) is 10.2 Å². The summed E-state index contributed by atoms with van der Waals surface area (Å²) in [5.74, 6) is -0.132. The van der Waals surface area contributed by atoms with E-state index in [4.69, 9.17) is 5.11 Å². The second-order valence-corrected chi connectivity index (χ2v) is 5.78. The summed E-state index contributed by atoms with van der Waals surface area (Å²) in [6.07, 6.45) is 2.24. The van der Waals surface area contributed by atoms with Crippen molar-refractivity contribution in [2.24, 2.45) is 5.92 Å². The third-order valence-corrected chi connectivity index (χ3v) is 4.23. The first kappa shape index (κ1) is 11.4. The van der Waals surface area contributed by atoms with Crippen LogP contribution >= 0.6 is 11.3 Å². The zero-order valence-electron chi connectivity index (χ0n) is 9.96. The van der Waals surface area contributed by atoms with Gasteiger partial charge in [0.15, 0.2) is 0 Å². The van der Waals surface area contributed by atoms with Crippen LogP contribution in [-0.2, 0) is 4.79 Å². The van der Waals surface area contributed by atoms with Gasteiger partial charge in [-0.1, -0.05) is 0 Å². The lowest BCUT2D eigenvalue weighted by atomic mass is 10.1. The fraction of sp³-hybridized carbons (Fsp3) is 0.417. The second-order valence-electron chi connectivity index (χ2n) is 4.54. The molecule has 2 aromatic rings. The standard InChI is InChI=1S/C12H13N3O2S/c1-7-4-9-10(13-6-14-11(9)18-7)15-3-2-8(5-15)12(16)17/h4,6,8H,2-3,5H2,1H3,(H,16,17). The lowest BCUT2D eigenvalue weighted by Gasteiger charge is -2.17. The van der Waals surface area contributed by atoms with Gasteiger partial charge in [-0.15, -0.1) is 11.3 Å². The minimum Gasteiger partial charge on any atom is -0.481 e. The van der Waals surface area contributed by atoms with Gasteiger partial charge in [0.05, 0.1) is 11.3 Å². The van der Waals surface area contributed by atoms with Crippen LogP contribution in [0.3, 0.4) is 0 Å². The summed E-state index contributed by atoms with van der Waals surface area (Å²) in [6.45, 7) is 3.33. The van der Waals surface area contributed by atoms with Crippen molar-refractivity contribution in [2.75, 3.05) is 18.0 Å². The van der Waals surface area contributed by atoms with Crippen LogP contribution < -0.4 is 4.90 Å². The molecule has 1 saturated heterocycles. The first-order chi connectivity index (χ1) is 8.65. The van der Waals surface area contributed by atoms with Gasteiger partial charge in [0.1, 0.15) is 17.0 Å². The number of hydrogen-bond acceptors (Lipinski definition) is 5. The van der Waals surface area contributed by atoms with Crippen molar-refractivity contribution in [2.45, 2.75) is 13.3 Å². The summed E-state index contributed by atoms with van der Waals surface area (Å²) >= 11 is 1.64. The first-order valence-corrected chi connectivity index (χ1v) is 6.65. The van der Waals surface area contributed by atoms with Crippen molar-refractivity contribution in [3.63, 3.8) is 0 Å². The molecule has 1 unspecified atom stereocenters. The molecule has 1 aliphatic heterocycles. The normalized spacial score (nSPS) is 19.6. The summed E-state index contributed by atoms with van der Waals surface area (Å²) < 4.78 is 0. The van der Waals surface area contributed by atoms with E-state index in [0.717, 1.165) is 22.6 Å². The largest absolute Gasteiger partial charge is 0.481 e. The second kappa shape index (κ2) is 4.20. The number of hydrogen-bond donors (Lipinski definition) is 1. The van der Waals surface area contributed by atoms with E-state index in [9.17, 15) is 4.79 Å². The van der Waals surface area contributed by atoms with E-state index >= 15 is 0 Å². The Labute approximate surface area is 108 Å². The molecule has 1 fully saturated rings. The highest BCUT2D eigenvalue weighted by Gasteiger charge is 2.29. The fourth-order valence-electron chi connectivity index (χ4n) is 2.37. The molecule has 0 spiro atoms. The number of rotatable bonds is 2. The Kier molecular flexibility index (Phi) is 2.66. The van der Waals surface area contributed by atoms with Crippen molar-refractivity contribution < 1.29 is 9.90 Å². The van der Waals surface area contributed by atoms with Gasteiger partial charge >= 0.3 is 5.97 Å². The lowest BCUT2D eigenvalue weighted by Crippen LogP contribution is -2.23. The Hall–Kier alpha value is -1.69. The van der Waals surface area contributed by atoms with Crippen LogP contribution in [-0.4, -0.2) is 34.1 Å². The summed E-state index contributed by atoms with van der Waals surface area (Å²) in [7, 11) is 0. The SMILES string of the molecule is Cc1cc2c(N3CCC(C(=O)O)C3)ncnc2s1. The van der Waals surface area contributed by atoms with Crippen molar-refractivity contribution in [3.05, 3.63) is 17.3 Å². The third-order valence-electron chi connectivity index (χ3n) is 3.27. The van der Waals surface area contributed by atoms with Crippen molar-refractivity contribution in [1.29, 1.82) is 0 Å². The summed E-state index contributed by atoms with van der Waals surface area (Å²) in [5, 5.41) is 10.1. The summed E-state index contributed by atoms with van der Waals surface area (Å²) in [5.41, 5.74) is 0. The van der Waals surface area contributed by atoms with Crippen LogP contribution in [0.1, 0.15) is 11.3 Å². The number of thiophene rings is 1. The molecule has 0 amide bonds. The molecule has 1 N–H and O–H groups in total. The number of aryl methyl sites for hydroxylation is 1. The molecule has 1 aliphatic rings. The van der Waals surface area contributed by atoms with E-state index < -0.39 is 5.97 Å². The smallest absolute Gasteiger partial charge is 0.308 e. The fourth-order valence-corrected chi connectivity index (χ4v) is 3.21. The Morgan fingerprint density at radius 3 is 3.11 bits per heavy atom. The summed E-state index contributed by atoms with van der Waals surface area (Å²) in [4.78, 5) is 23.8. The third kappa shape index (κ3) is 1.82. The zero-order chi connectivity index (χ0) is 12.7. The van der Waals surface area contributed by atoms with E-state index in [1.165, 1.54) is 4.88 Å². The van der Waals surface area contributed by atoms with E-state index in [0.29, 0.717) is 13.0 Å². The van der Waals surface area contributed by atoms with Gasteiger partial charge in [0, 0.05) is 18.0 Å². The van der Waals surface area contributed by atoms with Crippen LogP contribution in [0.2, 0.25) is 0 Å². The van der Waals surface area contributed by atoms with E-state index in [2.05, 4.69) is 20.9 Å². The van der Waals surface area contributed by atoms with Gasteiger partial charge in [0.2, 0.25) is 0 Å². The molecular weight excluding hydrogens is 250 g/mol. The van der Waals surface area contributed by atoms with Crippen LogP contribution in [0, 0.1) is 12.8 Å². The first-order valence-electron chi connectivity index (χ1n) is 5.84. The molecule has 94 valence electrons. The minimum absolute atomic E-state index is 0.283. The van der Waals surface area contributed by atoms with Crippen LogP contribution in [0.15, 0.2) is 12.4 Å². The minimum atomic E-state index is -0.718. The molecule has 0 radical (unpaired) electrons. The maximum Gasteiger partial charge on any atom is 0.308 e. The molecule has 3 rings (SSSR count). The van der Waals surface area contributed by atoms with E-state index in [-0.39, 0.29) is 5.92 Å². The molecule has 0 bridgehead atoms. The molecule has 6 heteroatoms. The average Bonchev–Trinajstić information content (AvgIpc) is 2.92. The molecular formula is C12H13N3O2S. The molecule has 18 heavy (non-hydrogen) atoms. The molecule has 1 atom stereocenters. The molecule has 5 nitrogen and oxygen atoms in total. The Bertz CT molecular complexity index is 610. The number of carbonyl (C=O) groups is 1. The number of anilines is 1. The number of carboxylic acids is 1. The number of nitrogens with zero attached hydrogens (tertiary/aromatic N) is 3. The quantitative estimate of drug-likeness (QED) is 0.896. The maximum atomic E-state index is 11.0. The van der Waals surface area contributed by atoms with Crippen molar-refractivity contribution in [3.8, 4) is 0 Å². The van der Waals surface area contributed by atoms with E-state index in [1.54, 1.807) is 17.7 Å². The van der Waals surface area contributed by atoms with Crippen LogP contribution in [0.4, 0.5) is 5.82 Å². The van der Waals surface area contributed by atoms with Gasteiger partial charge in [-0.25, -0.2) is 9.97 Å². The predicted molar refractivity (Wildman–Crippen MR) is 70.1 cm³/mol. The van der Waals surface area contributed by atoms with Crippen LogP contribution in [0.5, 0.6) is 0 Å². The molecule has 3 heterocycles. The van der Waals surface area contributed by atoms with Gasteiger partial charge in [-0.2, -0.15) is 0 Å². The summed E-state index contributed by atoms with van der Waals surface area (Å²) in [6, 6.07) is 2.07. The molecule has 0 saturated carbocycles. The number of aromatic nitrogens is 2. The van der Waals surface area contributed by atoms with Crippen molar-refractivity contribution >= 4 is 33.3 Å². The van der Waals surface area contributed by atoms with E-state index in [1.807, 2.05) is 6.92 Å². The lowest BCUT2D eigenvalue weighted by molar-refractivity contribution is -0.140. The maximum absolute atomic E-state index is 11.0. The van der Waals surface area contributed by atoms with Gasteiger partial charge in [-0.3, -0.25) is 4.79 Å². The Morgan fingerprint density at radius 2 is 2.39 bits per heavy atom. The molecule has 0 aliphatic carbocycles. The molecule has 2 aromatic heterocycles. The highest BCUT2D eigenvalue weighted by molar-refractivity contribution is 7.18. The Balaban J connectivity index is 1.98. The van der Waals surface area contributed by atoms with Gasteiger partial charge < -0.3 is 10.0 Å². The molecule has 0 aromatic carbocycles. The highest BCUT2D eigenvalue weighted by Crippen LogP contribution is 2.32. The topological polar surface area (TPSA) is 66.3 Å².